The molecular weight excluding hydrogens is 290 g/mol. The molecule has 4 heteroatoms. The minimum Gasteiger partial charge on any atom is -0.494 e. The third-order valence-electron chi connectivity index (χ3n) is 3.72. The van der Waals surface area contributed by atoms with Gasteiger partial charge in [-0.2, -0.15) is 0 Å². The van der Waals surface area contributed by atoms with Gasteiger partial charge in [-0.3, -0.25) is 0 Å². The average molecular weight is 313 g/mol. The van der Waals surface area contributed by atoms with Crippen molar-refractivity contribution in [3.63, 3.8) is 0 Å². The number of nitrogens with one attached hydrogen (secondary N) is 1. The van der Waals surface area contributed by atoms with E-state index in [2.05, 4.69) is 31.3 Å². The van der Waals surface area contributed by atoms with E-state index in [1.54, 1.807) is 6.07 Å². The van der Waals surface area contributed by atoms with Gasteiger partial charge in [-0.05, 0) is 55.7 Å². The molecular formula is C19H23NO3. The predicted octanol–water partition coefficient (Wildman–Crippen LogP) is 3.97. The van der Waals surface area contributed by atoms with Crippen LogP contribution in [0.15, 0.2) is 42.5 Å². The summed E-state index contributed by atoms with van der Waals surface area (Å²) in [6, 6.07) is 13.4. The van der Waals surface area contributed by atoms with Gasteiger partial charge in [0.2, 0.25) is 0 Å². The first kappa shape index (κ1) is 16.9. The molecule has 2 aromatic rings. The molecule has 0 aromatic heterocycles. The molecule has 2 aromatic carbocycles. The molecule has 0 bridgehead atoms. The van der Waals surface area contributed by atoms with Gasteiger partial charge in [0, 0.05) is 12.2 Å². The van der Waals surface area contributed by atoms with Gasteiger partial charge in [0.1, 0.15) is 5.75 Å². The van der Waals surface area contributed by atoms with Crippen LogP contribution in [0.3, 0.4) is 0 Å². The summed E-state index contributed by atoms with van der Waals surface area (Å²) in [7, 11) is 1.39. The highest BCUT2D eigenvalue weighted by Gasteiger charge is 2.10. The maximum atomic E-state index is 11.7. The third-order valence-corrected chi connectivity index (χ3v) is 3.72. The number of carbonyl (C=O) groups is 1. The van der Waals surface area contributed by atoms with Crippen molar-refractivity contribution in [2.45, 2.75) is 20.3 Å². The van der Waals surface area contributed by atoms with E-state index in [4.69, 9.17) is 9.47 Å². The summed E-state index contributed by atoms with van der Waals surface area (Å²) in [6.45, 7) is 5.50. The van der Waals surface area contributed by atoms with Crippen molar-refractivity contribution < 1.29 is 14.3 Å². The van der Waals surface area contributed by atoms with Crippen molar-refractivity contribution >= 4 is 11.7 Å². The molecule has 122 valence electrons. The molecule has 0 fully saturated rings. The highest BCUT2D eigenvalue weighted by atomic mass is 16.5. The quantitative estimate of drug-likeness (QED) is 0.620. The normalized spacial score (nSPS) is 10.2. The standard InChI is InChI=1S/C19H23NO3/c1-14-9-10-16(13-15(14)2)23-12-6-11-20-18-8-5-4-7-17(18)19(21)22-3/h4-5,7-10,13,20H,6,11-12H2,1-3H3. The van der Waals surface area contributed by atoms with Gasteiger partial charge >= 0.3 is 5.97 Å². The second-order valence-electron chi connectivity index (χ2n) is 5.41. The number of benzene rings is 2. The van der Waals surface area contributed by atoms with E-state index in [0.29, 0.717) is 12.2 Å². The van der Waals surface area contributed by atoms with Crippen molar-refractivity contribution in [3.05, 3.63) is 59.2 Å². The minimum atomic E-state index is -0.334. The van der Waals surface area contributed by atoms with Gasteiger partial charge in [0.05, 0.1) is 19.3 Å². The Kier molecular flexibility index (Phi) is 6.03. The molecule has 2 rings (SSSR count). The van der Waals surface area contributed by atoms with Gasteiger partial charge in [-0.1, -0.05) is 18.2 Å². The number of aryl methyl sites for hydroxylation is 2. The first-order valence-electron chi connectivity index (χ1n) is 7.73. The summed E-state index contributed by atoms with van der Waals surface area (Å²) in [6.07, 6.45) is 0.836. The van der Waals surface area contributed by atoms with E-state index in [1.807, 2.05) is 24.3 Å². The van der Waals surface area contributed by atoms with Gasteiger partial charge < -0.3 is 14.8 Å². The molecule has 0 aliphatic heterocycles. The lowest BCUT2D eigenvalue weighted by molar-refractivity contribution is 0.0602. The van der Waals surface area contributed by atoms with Crippen LogP contribution >= 0.6 is 0 Å². The minimum absolute atomic E-state index is 0.334. The van der Waals surface area contributed by atoms with Crippen LogP contribution < -0.4 is 10.1 Å². The number of hydrogen-bond acceptors (Lipinski definition) is 4. The Morgan fingerprint density at radius 1 is 1.09 bits per heavy atom. The van der Waals surface area contributed by atoms with Gasteiger partial charge in [0.25, 0.3) is 0 Å². The van der Waals surface area contributed by atoms with Crippen molar-refractivity contribution in [2.75, 3.05) is 25.6 Å². The molecule has 1 N–H and O–H groups in total. The maximum absolute atomic E-state index is 11.7. The van der Waals surface area contributed by atoms with Crippen LogP contribution in [0.4, 0.5) is 5.69 Å². The number of methoxy groups -OCH3 is 1. The van der Waals surface area contributed by atoms with Gasteiger partial charge in [-0.15, -0.1) is 0 Å². The molecule has 0 saturated heterocycles. The summed E-state index contributed by atoms with van der Waals surface area (Å²) >= 11 is 0. The lowest BCUT2D eigenvalue weighted by Gasteiger charge is -2.11. The lowest BCUT2D eigenvalue weighted by atomic mass is 10.1. The number of rotatable bonds is 7. The lowest BCUT2D eigenvalue weighted by Crippen LogP contribution is -2.11. The molecule has 23 heavy (non-hydrogen) atoms. The van der Waals surface area contributed by atoms with Crippen LogP contribution in [-0.4, -0.2) is 26.2 Å². The zero-order valence-electron chi connectivity index (χ0n) is 13.9. The Labute approximate surface area is 137 Å². The van der Waals surface area contributed by atoms with E-state index < -0.39 is 0 Å². The zero-order chi connectivity index (χ0) is 16.7. The Morgan fingerprint density at radius 3 is 2.61 bits per heavy atom. The monoisotopic (exact) mass is 313 g/mol. The van der Waals surface area contributed by atoms with Crippen LogP contribution in [0.25, 0.3) is 0 Å². The van der Waals surface area contributed by atoms with Crippen molar-refractivity contribution in [3.8, 4) is 5.75 Å². The highest BCUT2D eigenvalue weighted by molar-refractivity contribution is 5.95. The van der Waals surface area contributed by atoms with Crippen LogP contribution in [0.1, 0.15) is 27.9 Å². The fourth-order valence-corrected chi connectivity index (χ4v) is 2.21. The number of esters is 1. The summed E-state index contributed by atoms with van der Waals surface area (Å²) < 4.78 is 10.5. The first-order valence-corrected chi connectivity index (χ1v) is 7.73. The molecule has 0 aliphatic rings. The first-order chi connectivity index (χ1) is 11.1. The molecule has 0 aliphatic carbocycles. The molecule has 0 unspecified atom stereocenters. The van der Waals surface area contributed by atoms with E-state index in [0.717, 1.165) is 24.4 Å². The molecule has 4 nitrogen and oxygen atoms in total. The molecule has 0 radical (unpaired) electrons. The van der Waals surface area contributed by atoms with Crippen molar-refractivity contribution in [2.24, 2.45) is 0 Å². The largest absolute Gasteiger partial charge is 0.494 e. The van der Waals surface area contributed by atoms with Crippen LogP contribution in [0, 0.1) is 13.8 Å². The van der Waals surface area contributed by atoms with E-state index in [9.17, 15) is 4.79 Å². The van der Waals surface area contributed by atoms with Gasteiger partial charge in [-0.25, -0.2) is 4.79 Å². The fourth-order valence-electron chi connectivity index (χ4n) is 2.21. The molecule has 0 atom stereocenters. The zero-order valence-corrected chi connectivity index (χ0v) is 13.9. The Hall–Kier alpha value is -2.49. The van der Waals surface area contributed by atoms with Crippen molar-refractivity contribution in [1.29, 1.82) is 0 Å². The van der Waals surface area contributed by atoms with Crippen molar-refractivity contribution in [1.82, 2.24) is 0 Å². The van der Waals surface area contributed by atoms with E-state index in [-0.39, 0.29) is 5.97 Å². The fraction of sp³-hybridized carbons (Fsp3) is 0.316. The maximum Gasteiger partial charge on any atom is 0.339 e. The number of carbonyl (C=O) groups excluding carboxylic acids is 1. The second-order valence-corrected chi connectivity index (χ2v) is 5.41. The number of ether oxygens (including phenoxy) is 2. The predicted molar refractivity (Wildman–Crippen MR) is 92.3 cm³/mol. The average Bonchev–Trinajstić information content (AvgIpc) is 2.57. The number of anilines is 1. The summed E-state index contributed by atoms with van der Waals surface area (Å²) in [5, 5.41) is 3.25. The molecule has 0 amide bonds. The Bertz CT molecular complexity index is 667. The Balaban J connectivity index is 1.79. The number of para-hydroxylation sites is 1. The van der Waals surface area contributed by atoms with Crippen LogP contribution in [-0.2, 0) is 4.74 Å². The molecule has 0 spiro atoms. The second kappa shape index (κ2) is 8.22. The van der Waals surface area contributed by atoms with E-state index >= 15 is 0 Å². The summed E-state index contributed by atoms with van der Waals surface area (Å²) in [5.41, 5.74) is 3.82. The smallest absolute Gasteiger partial charge is 0.339 e. The number of hydrogen-bond donors (Lipinski definition) is 1. The summed E-state index contributed by atoms with van der Waals surface area (Å²) in [4.78, 5) is 11.7. The van der Waals surface area contributed by atoms with Gasteiger partial charge in [0.15, 0.2) is 0 Å². The van der Waals surface area contributed by atoms with Crippen LogP contribution in [0.5, 0.6) is 5.75 Å². The summed E-state index contributed by atoms with van der Waals surface area (Å²) in [5.74, 6) is 0.558. The third kappa shape index (κ3) is 4.74. The highest BCUT2D eigenvalue weighted by Crippen LogP contribution is 2.17. The van der Waals surface area contributed by atoms with Crippen LogP contribution in [0.2, 0.25) is 0 Å². The Morgan fingerprint density at radius 2 is 1.87 bits per heavy atom. The van der Waals surface area contributed by atoms with E-state index in [1.165, 1.54) is 18.2 Å². The molecule has 0 heterocycles. The SMILES string of the molecule is COC(=O)c1ccccc1NCCCOc1ccc(C)c(C)c1. The molecule has 0 saturated carbocycles. The topological polar surface area (TPSA) is 47.6 Å².